The lowest BCUT2D eigenvalue weighted by molar-refractivity contribution is -0.120. The third kappa shape index (κ3) is 4.86. The van der Waals surface area contributed by atoms with E-state index in [4.69, 9.17) is 9.15 Å². The summed E-state index contributed by atoms with van der Waals surface area (Å²) >= 11 is 0. The molecule has 1 aromatic carbocycles. The maximum absolute atomic E-state index is 12.9. The van der Waals surface area contributed by atoms with Gasteiger partial charge in [0, 0.05) is 31.0 Å². The molecule has 12 heteroatoms. The van der Waals surface area contributed by atoms with Gasteiger partial charge in [-0.05, 0) is 45.2 Å². The Bertz CT molecular complexity index is 1350. The zero-order valence-electron chi connectivity index (χ0n) is 20.6. The second kappa shape index (κ2) is 9.26. The monoisotopic (exact) mass is 506 g/mol. The normalized spacial score (nSPS) is 19.1. The summed E-state index contributed by atoms with van der Waals surface area (Å²) in [5.41, 5.74) is -0.396. The van der Waals surface area contributed by atoms with Gasteiger partial charge in [-0.2, -0.15) is 4.90 Å². The fraction of sp³-hybridized carbons (Fsp3) is 0.400. The highest BCUT2D eigenvalue weighted by molar-refractivity contribution is 6.09. The van der Waals surface area contributed by atoms with Gasteiger partial charge in [-0.1, -0.05) is 18.2 Å². The van der Waals surface area contributed by atoms with Crippen LogP contribution in [0.5, 0.6) is 0 Å². The van der Waals surface area contributed by atoms with Gasteiger partial charge in [0.1, 0.15) is 17.2 Å². The molecule has 0 spiro atoms. The van der Waals surface area contributed by atoms with Crippen molar-refractivity contribution in [1.29, 1.82) is 0 Å². The number of hydrogen-bond donors (Lipinski definition) is 1. The van der Waals surface area contributed by atoms with Gasteiger partial charge in [0.2, 0.25) is 5.89 Å². The topological polar surface area (TPSA) is 152 Å². The van der Waals surface area contributed by atoms with Crippen LogP contribution in [0.25, 0.3) is 23.0 Å². The van der Waals surface area contributed by atoms with Gasteiger partial charge in [0.15, 0.2) is 11.5 Å². The summed E-state index contributed by atoms with van der Waals surface area (Å²) in [4.78, 5) is 48.5. The molecule has 2 atom stereocenters. The summed E-state index contributed by atoms with van der Waals surface area (Å²) in [6, 6.07) is 9.03. The van der Waals surface area contributed by atoms with Crippen LogP contribution in [0.2, 0.25) is 0 Å². The Balaban J connectivity index is 1.57. The number of carboxylic acid groups (broad SMARTS) is 1. The lowest BCUT2D eigenvalue weighted by Gasteiger charge is -2.25. The summed E-state index contributed by atoms with van der Waals surface area (Å²) in [6.07, 6.45) is 0.0359. The number of imide groups is 1. The SMILES string of the molecule is CC(C)(C)OC(=O)N(C(=O)O)c1ncc(N2C[C@@H]3CCC(=O)[C@@H]3C2)nc1-c1nnc(-c2ccccc2)o1. The Hall–Kier alpha value is -4.35. The number of carbonyl (C=O) groups excluding carboxylic acids is 2. The maximum Gasteiger partial charge on any atom is 0.425 e. The number of ether oxygens (including phenoxy) is 1. The first kappa shape index (κ1) is 24.3. The number of hydrogen-bond acceptors (Lipinski definition) is 10. The lowest BCUT2D eigenvalue weighted by atomic mass is 10.0. The van der Waals surface area contributed by atoms with Crippen molar-refractivity contribution in [1.82, 2.24) is 20.2 Å². The van der Waals surface area contributed by atoms with E-state index in [1.54, 1.807) is 32.9 Å². The van der Waals surface area contributed by atoms with E-state index < -0.39 is 17.8 Å². The molecule has 3 aromatic rings. The van der Waals surface area contributed by atoms with E-state index >= 15 is 0 Å². The summed E-state index contributed by atoms with van der Waals surface area (Å²) < 4.78 is 11.1. The maximum atomic E-state index is 12.9. The fourth-order valence-electron chi connectivity index (χ4n) is 4.64. The standard InChI is InChI=1S/C25H26N6O6/c1-25(2,3)37-24(35)31(23(33)34)20-19(22-29-28-21(36-22)14-7-5-4-6-8-14)27-18(11-26-20)30-12-15-9-10-17(32)16(15)13-30/h4-8,11,15-16H,9-10,12-13H2,1-3H3,(H,33,34)/t15-,16+/m0/s1. The second-order valence-electron chi connectivity index (χ2n) is 10.1. The summed E-state index contributed by atoms with van der Waals surface area (Å²) in [5, 5.41) is 18.1. The van der Waals surface area contributed by atoms with Gasteiger partial charge < -0.3 is 19.2 Å². The molecule has 0 bridgehead atoms. The van der Waals surface area contributed by atoms with Crippen molar-refractivity contribution in [2.24, 2.45) is 11.8 Å². The summed E-state index contributed by atoms with van der Waals surface area (Å²) in [5.74, 6) is 0.573. The highest BCUT2D eigenvalue weighted by atomic mass is 16.6. The van der Waals surface area contributed by atoms with Crippen LogP contribution >= 0.6 is 0 Å². The first-order valence-electron chi connectivity index (χ1n) is 11.9. The van der Waals surface area contributed by atoms with E-state index in [9.17, 15) is 19.5 Å². The average Bonchev–Trinajstić information content (AvgIpc) is 3.57. The van der Waals surface area contributed by atoms with Crippen LogP contribution in [0.15, 0.2) is 40.9 Å². The smallest absolute Gasteiger partial charge is 0.425 e. The molecular formula is C25H26N6O6. The molecule has 5 rings (SSSR count). The average molecular weight is 507 g/mol. The molecule has 2 fully saturated rings. The van der Waals surface area contributed by atoms with Crippen LogP contribution in [-0.4, -0.2) is 61.9 Å². The molecule has 2 aliphatic rings. The van der Waals surface area contributed by atoms with E-state index in [0.29, 0.717) is 35.8 Å². The van der Waals surface area contributed by atoms with Crippen LogP contribution in [0.1, 0.15) is 33.6 Å². The van der Waals surface area contributed by atoms with Gasteiger partial charge >= 0.3 is 12.2 Å². The van der Waals surface area contributed by atoms with Crippen molar-refractivity contribution in [3.8, 4) is 23.0 Å². The number of Topliss-reactive ketones (excluding diaryl/α,β-unsaturated/α-hetero) is 1. The van der Waals surface area contributed by atoms with Gasteiger partial charge in [0.25, 0.3) is 5.89 Å². The molecule has 0 radical (unpaired) electrons. The van der Waals surface area contributed by atoms with Crippen molar-refractivity contribution in [2.75, 3.05) is 22.9 Å². The Morgan fingerprint density at radius 3 is 2.54 bits per heavy atom. The van der Waals surface area contributed by atoms with Crippen LogP contribution in [0, 0.1) is 11.8 Å². The molecule has 2 amide bonds. The number of benzene rings is 1. The molecule has 1 saturated carbocycles. The van der Waals surface area contributed by atoms with Crippen LogP contribution in [-0.2, 0) is 9.53 Å². The van der Waals surface area contributed by atoms with Crippen LogP contribution in [0.4, 0.5) is 21.2 Å². The number of aromatic nitrogens is 4. The molecule has 192 valence electrons. The number of rotatable bonds is 4. The molecule has 37 heavy (non-hydrogen) atoms. The number of amides is 2. The molecule has 1 N–H and O–H groups in total. The second-order valence-corrected chi connectivity index (χ2v) is 10.1. The van der Waals surface area contributed by atoms with Gasteiger partial charge in [0.05, 0.1) is 6.20 Å². The number of ketones is 1. The van der Waals surface area contributed by atoms with Crippen molar-refractivity contribution in [2.45, 2.75) is 39.2 Å². The number of nitrogens with zero attached hydrogens (tertiary/aromatic N) is 6. The van der Waals surface area contributed by atoms with Gasteiger partial charge in [-0.3, -0.25) is 4.79 Å². The molecule has 1 aliphatic heterocycles. The minimum Gasteiger partial charge on any atom is -0.464 e. The van der Waals surface area contributed by atoms with Crippen molar-refractivity contribution in [3.05, 3.63) is 36.5 Å². The Morgan fingerprint density at radius 2 is 1.86 bits per heavy atom. The largest absolute Gasteiger partial charge is 0.464 e. The van der Waals surface area contributed by atoms with E-state index in [0.717, 1.165) is 6.42 Å². The van der Waals surface area contributed by atoms with Crippen LogP contribution < -0.4 is 9.80 Å². The zero-order valence-corrected chi connectivity index (χ0v) is 20.6. The number of fused-ring (bicyclic) bond motifs is 1. The molecule has 0 unspecified atom stereocenters. The zero-order chi connectivity index (χ0) is 26.3. The molecule has 1 saturated heterocycles. The Labute approximate surface area is 212 Å². The minimum absolute atomic E-state index is 0.0599. The number of carbonyl (C=O) groups is 3. The van der Waals surface area contributed by atoms with E-state index in [2.05, 4.69) is 20.2 Å². The van der Waals surface area contributed by atoms with Crippen LogP contribution in [0.3, 0.4) is 0 Å². The molecule has 12 nitrogen and oxygen atoms in total. The molecular weight excluding hydrogens is 480 g/mol. The molecule has 1 aliphatic carbocycles. The first-order chi connectivity index (χ1) is 17.6. The first-order valence-corrected chi connectivity index (χ1v) is 11.9. The third-order valence-electron chi connectivity index (χ3n) is 6.31. The van der Waals surface area contributed by atoms with Crippen molar-refractivity contribution >= 4 is 29.6 Å². The van der Waals surface area contributed by atoms with Crippen molar-refractivity contribution < 1.29 is 28.6 Å². The van der Waals surface area contributed by atoms with Crippen molar-refractivity contribution in [3.63, 3.8) is 0 Å². The van der Waals surface area contributed by atoms with Gasteiger partial charge in [-0.25, -0.2) is 19.6 Å². The molecule has 3 heterocycles. The quantitative estimate of drug-likeness (QED) is 0.546. The lowest BCUT2D eigenvalue weighted by Crippen LogP contribution is -2.41. The number of anilines is 2. The highest BCUT2D eigenvalue weighted by Gasteiger charge is 2.43. The molecule has 2 aromatic heterocycles. The predicted octanol–water partition coefficient (Wildman–Crippen LogP) is 4.03. The minimum atomic E-state index is -1.61. The fourth-order valence-corrected chi connectivity index (χ4v) is 4.64. The summed E-state index contributed by atoms with van der Waals surface area (Å²) in [6.45, 7) is 5.98. The Kier molecular flexibility index (Phi) is 6.10. The third-order valence-corrected chi connectivity index (χ3v) is 6.31. The Morgan fingerprint density at radius 1 is 1.14 bits per heavy atom. The van der Waals surface area contributed by atoms with E-state index in [1.165, 1.54) is 6.20 Å². The highest BCUT2D eigenvalue weighted by Crippen LogP contribution is 2.38. The predicted molar refractivity (Wildman–Crippen MR) is 131 cm³/mol. The van der Waals surface area contributed by atoms with E-state index in [-0.39, 0.29) is 40.9 Å². The van der Waals surface area contributed by atoms with E-state index in [1.807, 2.05) is 23.1 Å². The summed E-state index contributed by atoms with van der Waals surface area (Å²) in [7, 11) is 0. The van der Waals surface area contributed by atoms with Gasteiger partial charge in [-0.15, -0.1) is 10.2 Å².